The summed E-state index contributed by atoms with van der Waals surface area (Å²) in [5.74, 6) is 0. The summed E-state index contributed by atoms with van der Waals surface area (Å²) in [6.07, 6.45) is 12.3. The van der Waals surface area contributed by atoms with Crippen molar-refractivity contribution in [3.05, 3.63) is 18.5 Å². The number of nitrogens with zero attached hydrogens (tertiary/aromatic N) is 2. The number of nitrogens with one attached hydrogen (secondary N) is 1. The van der Waals surface area contributed by atoms with Crippen molar-refractivity contribution >= 4 is 0 Å². The third-order valence-electron chi connectivity index (χ3n) is 4.21. The molecule has 3 heteroatoms. The van der Waals surface area contributed by atoms with Gasteiger partial charge in [-0.25, -0.2) is 0 Å². The topological polar surface area (TPSA) is 29.9 Å². The Hall–Kier alpha value is -0.830. The van der Waals surface area contributed by atoms with Crippen LogP contribution in [0.25, 0.3) is 0 Å². The van der Waals surface area contributed by atoms with Crippen molar-refractivity contribution < 1.29 is 0 Å². The second-order valence-corrected chi connectivity index (χ2v) is 6.23. The molecule has 0 spiro atoms. The minimum absolute atomic E-state index is 0.491. The molecule has 0 aliphatic heterocycles. The maximum Gasteiger partial charge on any atom is 0.0559 e. The molecule has 2 rings (SSSR count). The van der Waals surface area contributed by atoms with Crippen molar-refractivity contribution in [2.45, 2.75) is 65.0 Å². The zero-order valence-corrected chi connectivity index (χ0v) is 11.9. The van der Waals surface area contributed by atoms with E-state index in [0.717, 1.165) is 13.1 Å². The lowest BCUT2D eigenvalue weighted by atomic mass is 9.82. The lowest BCUT2D eigenvalue weighted by Gasteiger charge is -2.30. The molecule has 1 aromatic heterocycles. The number of rotatable bonds is 5. The van der Waals surface area contributed by atoms with Crippen molar-refractivity contribution in [2.75, 3.05) is 6.54 Å². The van der Waals surface area contributed by atoms with E-state index < -0.39 is 0 Å². The highest BCUT2D eigenvalue weighted by Crippen LogP contribution is 2.33. The molecule has 0 saturated heterocycles. The van der Waals surface area contributed by atoms with Crippen LogP contribution in [0, 0.1) is 5.41 Å². The van der Waals surface area contributed by atoms with Crippen LogP contribution >= 0.6 is 0 Å². The van der Waals surface area contributed by atoms with E-state index in [-0.39, 0.29) is 0 Å². The average Bonchev–Trinajstić information content (AvgIpc) is 2.75. The van der Waals surface area contributed by atoms with Crippen LogP contribution in [-0.4, -0.2) is 22.4 Å². The number of aromatic nitrogens is 2. The van der Waals surface area contributed by atoms with Crippen LogP contribution in [0.1, 0.15) is 52.4 Å². The van der Waals surface area contributed by atoms with E-state index in [4.69, 9.17) is 0 Å². The third kappa shape index (κ3) is 4.13. The largest absolute Gasteiger partial charge is 0.312 e. The van der Waals surface area contributed by atoms with Gasteiger partial charge in [0.25, 0.3) is 0 Å². The lowest BCUT2D eigenvalue weighted by molar-refractivity contribution is 0.247. The first-order chi connectivity index (χ1) is 8.68. The van der Waals surface area contributed by atoms with Gasteiger partial charge in [0.2, 0.25) is 0 Å². The SMILES string of the molecule is C[C@H](Cn1cccn1)NCC1(C)CCCCCC1. The van der Waals surface area contributed by atoms with Crippen LogP contribution in [0.3, 0.4) is 0 Å². The Morgan fingerprint density at radius 1 is 1.28 bits per heavy atom. The zero-order valence-electron chi connectivity index (χ0n) is 11.9. The Kier molecular flexibility index (Phi) is 4.81. The zero-order chi connectivity index (χ0) is 12.8. The van der Waals surface area contributed by atoms with Gasteiger partial charge in [0.15, 0.2) is 0 Å². The van der Waals surface area contributed by atoms with E-state index in [9.17, 15) is 0 Å². The number of hydrogen-bond donors (Lipinski definition) is 1. The van der Waals surface area contributed by atoms with E-state index in [1.165, 1.54) is 38.5 Å². The molecule has 1 fully saturated rings. The maximum atomic E-state index is 4.26. The fourth-order valence-electron chi connectivity index (χ4n) is 2.93. The third-order valence-corrected chi connectivity index (χ3v) is 4.21. The first-order valence-corrected chi connectivity index (χ1v) is 7.39. The van der Waals surface area contributed by atoms with Crippen molar-refractivity contribution in [3.8, 4) is 0 Å². The first kappa shape index (κ1) is 13.6. The molecule has 18 heavy (non-hydrogen) atoms. The normalized spacial score (nSPS) is 21.4. The lowest BCUT2D eigenvalue weighted by Crippen LogP contribution is -2.39. The monoisotopic (exact) mass is 249 g/mol. The molecule has 0 amide bonds. The van der Waals surface area contributed by atoms with E-state index in [0.29, 0.717) is 11.5 Å². The van der Waals surface area contributed by atoms with Gasteiger partial charge >= 0.3 is 0 Å². The molecule has 1 aromatic rings. The van der Waals surface area contributed by atoms with Crippen molar-refractivity contribution in [3.63, 3.8) is 0 Å². The average molecular weight is 249 g/mol. The van der Waals surface area contributed by atoms with E-state index in [1.54, 1.807) is 0 Å². The van der Waals surface area contributed by atoms with Crippen LogP contribution < -0.4 is 5.32 Å². The molecule has 1 N–H and O–H groups in total. The number of hydrogen-bond acceptors (Lipinski definition) is 2. The van der Waals surface area contributed by atoms with Crippen LogP contribution in [0.2, 0.25) is 0 Å². The minimum atomic E-state index is 0.491. The van der Waals surface area contributed by atoms with Gasteiger partial charge in [-0.3, -0.25) is 4.68 Å². The van der Waals surface area contributed by atoms with Gasteiger partial charge in [0.05, 0.1) is 6.54 Å². The summed E-state index contributed by atoms with van der Waals surface area (Å²) in [5, 5.41) is 7.96. The van der Waals surface area contributed by atoms with Gasteiger partial charge in [0.1, 0.15) is 0 Å². The fourth-order valence-corrected chi connectivity index (χ4v) is 2.93. The van der Waals surface area contributed by atoms with Crippen molar-refractivity contribution in [1.82, 2.24) is 15.1 Å². The Morgan fingerprint density at radius 2 is 2.00 bits per heavy atom. The van der Waals surface area contributed by atoms with Crippen molar-refractivity contribution in [2.24, 2.45) is 5.41 Å². The predicted molar refractivity (Wildman–Crippen MR) is 75.5 cm³/mol. The van der Waals surface area contributed by atoms with Crippen LogP contribution in [-0.2, 0) is 6.54 Å². The highest BCUT2D eigenvalue weighted by molar-refractivity contribution is 4.82. The molecular formula is C15H27N3. The van der Waals surface area contributed by atoms with E-state index in [2.05, 4.69) is 24.3 Å². The van der Waals surface area contributed by atoms with Crippen molar-refractivity contribution in [1.29, 1.82) is 0 Å². The van der Waals surface area contributed by atoms with E-state index in [1.807, 2.05) is 23.1 Å². The van der Waals surface area contributed by atoms with Gasteiger partial charge in [-0.2, -0.15) is 5.10 Å². The maximum absolute atomic E-state index is 4.26. The second-order valence-electron chi connectivity index (χ2n) is 6.23. The Labute approximate surface area is 111 Å². The molecular weight excluding hydrogens is 222 g/mol. The van der Waals surface area contributed by atoms with Gasteiger partial charge in [-0.05, 0) is 31.2 Å². The summed E-state index contributed by atoms with van der Waals surface area (Å²) in [6, 6.07) is 2.48. The molecule has 1 atom stereocenters. The summed E-state index contributed by atoms with van der Waals surface area (Å²) in [5.41, 5.74) is 0.509. The van der Waals surface area contributed by atoms with Gasteiger partial charge in [0, 0.05) is 25.0 Å². The molecule has 0 unspecified atom stereocenters. The fraction of sp³-hybridized carbons (Fsp3) is 0.800. The summed E-state index contributed by atoms with van der Waals surface area (Å²) in [4.78, 5) is 0. The van der Waals surface area contributed by atoms with Gasteiger partial charge in [-0.1, -0.05) is 32.6 Å². The van der Waals surface area contributed by atoms with Gasteiger partial charge in [-0.15, -0.1) is 0 Å². The van der Waals surface area contributed by atoms with E-state index >= 15 is 0 Å². The Morgan fingerprint density at radius 3 is 2.61 bits per heavy atom. The highest BCUT2D eigenvalue weighted by atomic mass is 15.3. The quantitative estimate of drug-likeness (QED) is 0.812. The Balaban J connectivity index is 1.75. The van der Waals surface area contributed by atoms with Crippen LogP contribution in [0.15, 0.2) is 18.5 Å². The summed E-state index contributed by atoms with van der Waals surface area (Å²) in [6.45, 7) is 6.81. The molecule has 102 valence electrons. The standard InChI is InChI=1S/C15H27N3/c1-14(12-18-11-7-10-17-18)16-13-15(2)8-5-3-4-6-9-15/h7,10-11,14,16H,3-6,8-9,12-13H2,1-2H3/t14-/m1/s1. The Bertz CT molecular complexity index is 324. The molecule has 1 heterocycles. The molecule has 3 nitrogen and oxygen atoms in total. The van der Waals surface area contributed by atoms with Crippen LogP contribution in [0.4, 0.5) is 0 Å². The smallest absolute Gasteiger partial charge is 0.0559 e. The molecule has 1 aliphatic rings. The first-order valence-electron chi connectivity index (χ1n) is 7.39. The molecule has 0 bridgehead atoms. The van der Waals surface area contributed by atoms with Crippen LogP contribution in [0.5, 0.6) is 0 Å². The second kappa shape index (κ2) is 6.37. The minimum Gasteiger partial charge on any atom is -0.312 e. The molecule has 0 aromatic carbocycles. The molecule has 1 aliphatic carbocycles. The summed E-state index contributed by atoms with van der Waals surface area (Å²) in [7, 11) is 0. The highest BCUT2D eigenvalue weighted by Gasteiger charge is 2.25. The van der Waals surface area contributed by atoms with Gasteiger partial charge < -0.3 is 5.32 Å². The molecule has 0 radical (unpaired) electrons. The predicted octanol–water partition coefficient (Wildman–Crippen LogP) is 3.22. The molecule has 1 saturated carbocycles. The summed E-state index contributed by atoms with van der Waals surface area (Å²) < 4.78 is 2.01. The summed E-state index contributed by atoms with van der Waals surface area (Å²) >= 11 is 0.